The third kappa shape index (κ3) is 3.30. The molecular formula is C20H13IN2O2S. The SMILES string of the molecule is O=C1NN(c2ccc(I)cc2)C(=O)C1=Cc1ccc(-c2ccccc2)s1. The molecule has 2 amide bonds. The molecule has 0 saturated carbocycles. The van der Waals surface area contributed by atoms with Crippen LogP contribution in [0, 0.1) is 3.57 Å². The average molecular weight is 472 g/mol. The highest BCUT2D eigenvalue weighted by Crippen LogP contribution is 2.30. The van der Waals surface area contributed by atoms with Crippen molar-refractivity contribution in [3.63, 3.8) is 0 Å². The molecule has 1 aromatic heterocycles. The lowest BCUT2D eigenvalue weighted by Crippen LogP contribution is -2.35. The van der Waals surface area contributed by atoms with Gasteiger partial charge in [-0.3, -0.25) is 15.0 Å². The van der Waals surface area contributed by atoms with E-state index in [1.54, 1.807) is 17.4 Å². The van der Waals surface area contributed by atoms with Gasteiger partial charge < -0.3 is 0 Å². The largest absolute Gasteiger partial charge is 0.282 e. The predicted molar refractivity (Wildman–Crippen MR) is 113 cm³/mol. The molecule has 0 atom stereocenters. The lowest BCUT2D eigenvalue weighted by Gasteiger charge is -2.14. The summed E-state index contributed by atoms with van der Waals surface area (Å²) in [6.07, 6.45) is 1.65. The molecule has 6 heteroatoms. The van der Waals surface area contributed by atoms with Crippen molar-refractivity contribution in [2.24, 2.45) is 0 Å². The molecule has 0 spiro atoms. The quantitative estimate of drug-likeness (QED) is 0.347. The molecule has 0 radical (unpaired) electrons. The van der Waals surface area contributed by atoms with E-state index >= 15 is 0 Å². The Morgan fingerprint density at radius 2 is 1.65 bits per heavy atom. The second-order valence-electron chi connectivity index (χ2n) is 5.68. The van der Waals surface area contributed by atoms with Gasteiger partial charge in [0.15, 0.2) is 0 Å². The van der Waals surface area contributed by atoms with Gasteiger partial charge in [-0.05, 0) is 70.6 Å². The zero-order chi connectivity index (χ0) is 18.1. The number of thiophene rings is 1. The summed E-state index contributed by atoms with van der Waals surface area (Å²) in [6.45, 7) is 0. The van der Waals surface area contributed by atoms with Crippen molar-refractivity contribution in [3.8, 4) is 10.4 Å². The number of halogens is 1. The monoisotopic (exact) mass is 472 g/mol. The van der Waals surface area contributed by atoms with Gasteiger partial charge in [0.05, 0.1) is 5.69 Å². The zero-order valence-electron chi connectivity index (χ0n) is 13.5. The number of hydrogen-bond acceptors (Lipinski definition) is 3. The number of hydrazine groups is 1. The Labute approximate surface area is 168 Å². The van der Waals surface area contributed by atoms with Crippen LogP contribution < -0.4 is 10.4 Å². The van der Waals surface area contributed by atoms with Gasteiger partial charge in [0.2, 0.25) is 0 Å². The normalized spacial score (nSPS) is 15.6. The summed E-state index contributed by atoms with van der Waals surface area (Å²) >= 11 is 3.74. The minimum absolute atomic E-state index is 0.144. The van der Waals surface area contributed by atoms with Gasteiger partial charge in [0.1, 0.15) is 5.57 Å². The van der Waals surface area contributed by atoms with Crippen LogP contribution in [0.2, 0.25) is 0 Å². The van der Waals surface area contributed by atoms with E-state index in [0.29, 0.717) is 5.69 Å². The van der Waals surface area contributed by atoms with E-state index in [0.717, 1.165) is 18.9 Å². The van der Waals surface area contributed by atoms with Crippen LogP contribution in [0.3, 0.4) is 0 Å². The van der Waals surface area contributed by atoms with E-state index in [1.165, 1.54) is 5.01 Å². The molecule has 2 aromatic carbocycles. The summed E-state index contributed by atoms with van der Waals surface area (Å²) in [5.41, 5.74) is 4.53. The van der Waals surface area contributed by atoms with Gasteiger partial charge in [-0.25, -0.2) is 5.01 Å². The molecule has 1 fully saturated rings. The van der Waals surface area contributed by atoms with E-state index in [4.69, 9.17) is 0 Å². The summed E-state index contributed by atoms with van der Waals surface area (Å²) in [4.78, 5) is 26.9. The molecule has 4 nitrogen and oxygen atoms in total. The third-order valence-electron chi connectivity index (χ3n) is 3.95. The topological polar surface area (TPSA) is 49.4 Å². The molecule has 1 saturated heterocycles. The van der Waals surface area contributed by atoms with Gasteiger partial charge in [-0.15, -0.1) is 11.3 Å². The van der Waals surface area contributed by atoms with E-state index < -0.39 is 0 Å². The molecule has 26 heavy (non-hydrogen) atoms. The van der Waals surface area contributed by atoms with Crippen LogP contribution in [0.5, 0.6) is 0 Å². The lowest BCUT2D eigenvalue weighted by atomic mass is 10.2. The molecule has 1 aliphatic rings. The number of carbonyl (C=O) groups is 2. The van der Waals surface area contributed by atoms with Crippen molar-refractivity contribution in [1.82, 2.24) is 5.43 Å². The Hall–Kier alpha value is -2.45. The van der Waals surface area contributed by atoms with E-state index in [1.807, 2.05) is 66.7 Å². The minimum atomic E-state index is -0.386. The number of anilines is 1. The van der Waals surface area contributed by atoms with E-state index in [2.05, 4.69) is 28.0 Å². The standard InChI is InChI=1S/C20H13IN2O2S/c21-14-6-8-15(9-7-14)23-20(25)17(19(24)22-23)12-16-10-11-18(26-16)13-4-2-1-3-5-13/h1-12H,(H,22,24). The maximum absolute atomic E-state index is 12.7. The molecule has 128 valence electrons. The molecule has 0 bridgehead atoms. The van der Waals surface area contributed by atoms with E-state index in [-0.39, 0.29) is 17.4 Å². The van der Waals surface area contributed by atoms with E-state index in [9.17, 15) is 9.59 Å². The third-order valence-corrected chi connectivity index (χ3v) is 5.75. The second-order valence-corrected chi connectivity index (χ2v) is 8.04. The number of rotatable bonds is 3. The van der Waals surface area contributed by atoms with Crippen molar-refractivity contribution in [3.05, 3.63) is 80.8 Å². The average Bonchev–Trinajstić information content (AvgIpc) is 3.24. The first-order valence-corrected chi connectivity index (χ1v) is 9.79. The molecule has 3 aromatic rings. The van der Waals surface area contributed by atoms with Crippen LogP contribution >= 0.6 is 33.9 Å². The van der Waals surface area contributed by atoms with Crippen LogP contribution in [0.25, 0.3) is 16.5 Å². The molecule has 0 unspecified atom stereocenters. The van der Waals surface area contributed by atoms with Gasteiger partial charge in [-0.1, -0.05) is 30.3 Å². The number of carbonyl (C=O) groups excluding carboxylic acids is 2. The summed E-state index contributed by atoms with van der Waals surface area (Å²) < 4.78 is 1.06. The predicted octanol–water partition coefficient (Wildman–Crippen LogP) is 4.48. The maximum atomic E-state index is 12.7. The molecule has 2 heterocycles. The molecule has 4 rings (SSSR count). The Morgan fingerprint density at radius 3 is 2.38 bits per heavy atom. The fraction of sp³-hybridized carbons (Fsp3) is 0. The summed E-state index contributed by atoms with van der Waals surface area (Å²) in [7, 11) is 0. The maximum Gasteiger partial charge on any atom is 0.282 e. The Kier molecular flexibility index (Phi) is 4.60. The highest BCUT2D eigenvalue weighted by molar-refractivity contribution is 14.1. The van der Waals surface area contributed by atoms with Crippen molar-refractivity contribution in [2.45, 2.75) is 0 Å². The van der Waals surface area contributed by atoms with Gasteiger partial charge >= 0.3 is 0 Å². The van der Waals surface area contributed by atoms with Crippen molar-refractivity contribution < 1.29 is 9.59 Å². The smallest absolute Gasteiger partial charge is 0.267 e. The van der Waals surface area contributed by atoms with Gasteiger partial charge in [-0.2, -0.15) is 0 Å². The molecule has 0 aliphatic carbocycles. The van der Waals surface area contributed by atoms with Gasteiger partial charge in [0.25, 0.3) is 11.8 Å². The Bertz CT molecular complexity index is 1010. The molecule has 1 aliphatic heterocycles. The van der Waals surface area contributed by atoms with Crippen molar-refractivity contribution in [2.75, 3.05) is 5.01 Å². The van der Waals surface area contributed by atoms with Gasteiger partial charge in [0, 0.05) is 13.3 Å². The van der Waals surface area contributed by atoms with Crippen LogP contribution in [-0.4, -0.2) is 11.8 Å². The number of benzene rings is 2. The molecular weight excluding hydrogens is 459 g/mol. The van der Waals surface area contributed by atoms with Crippen LogP contribution in [0.1, 0.15) is 4.88 Å². The summed E-state index contributed by atoms with van der Waals surface area (Å²) in [6, 6.07) is 21.3. The first-order chi connectivity index (χ1) is 12.6. The number of hydrogen-bond donors (Lipinski definition) is 1. The first-order valence-electron chi connectivity index (χ1n) is 7.90. The number of amides is 2. The lowest BCUT2D eigenvalue weighted by molar-refractivity contribution is -0.117. The van der Waals surface area contributed by atoms with Crippen molar-refractivity contribution in [1.29, 1.82) is 0 Å². The molecule has 1 N–H and O–H groups in total. The minimum Gasteiger partial charge on any atom is -0.267 e. The van der Waals surface area contributed by atoms with Crippen LogP contribution in [-0.2, 0) is 9.59 Å². The fourth-order valence-corrected chi connectivity index (χ4v) is 3.98. The fourth-order valence-electron chi connectivity index (χ4n) is 2.66. The Balaban J connectivity index is 1.61. The number of nitrogens with zero attached hydrogens (tertiary/aromatic N) is 1. The highest BCUT2D eigenvalue weighted by Gasteiger charge is 2.34. The van der Waals surface area contributed by atoms with Crippen LogP contribution in [0.15, 0.2) is 72.3 Å². The summed E-state index contributed by atoms with van der Waals surface area (Å²) in [5.74, 6) is -0.728. The highest BCUT2D eigenvalue weighted by atomic mass is 127. The second kappa shape index (κ2) is 7.05. The Morgan fingerprint density at radius 1 is 0.923 bits per heavy atom. The van der Waals surface area contributed by atoms with Crippen molar-refractivity contribution >= 4 is 57.5 Å². The van der Waals surface area contributed by atoms with Crippen LogP contribution in [0.4, 0.5) is 5.69 Å². The first kappa shape index (κ1) is 17.0. The zero-order valence-corrected chi connectivity index (χ0v) is 16.5. The summed E-state index contributed by atoms with van der Waals surface area (Å²) in [5, 5.41) is 1.29. The number of nitrogens with one attached hydrogen (secondary N) is 1.